The number of nitrogens with zero attached hydrogens (tertiary/aromatic N) is 3. The van der Waals surface area contributed by atoms with Crippen LogP contribution in [0.15, 0.2) is 18.3 Å². The fraction of sp³-hybridized carbons (Fsp3) is 0.538. The van der Waals surface area contributed by atoms with E-state index in [-0.39, 0.29) is 5.84 Å². The van der Waals surface area contributed by atoms with Crippen molar-refractivity contribution in [3.63, 3.8) is 0 Å². The van der Waals surface area contributed by atoms with Gasteiger partial charge < -0.3 is 10.6 Å². The molecule has 3 N–H and O–H groups in total. The Morgan fingerprint density at radius 1 is 1.56 bits per heavy atom. The zero-order valence-corrected chi connectivity index (χ0v) is 11.1. The largest absolute Gasteiger partial charge is 0.384 e. The van der Waals surface area contributed by atoms with Crippen LogP contribution in [0.3, 0.4) is 0 Å². The molecule has 1 aliphatic rings. The van der Waals surface area contributed by atoms with E-state index in [1.807, 2.05) is 6.07 Å². The third-order valence-electron chi connectivity index (χ3n) is 3.63. The minimum absolute atomic E-state index is 0.0971. The fourth-order valence-electron chi connectivity index (χ4n) is 2.35. The van der Waals surface area contributed by atoms with E-state index in [4.69, 9.17) is 11.1 Å². The van der Waals surface area contributed by atoms with Crippen molar-refractivity contribution in [2.75, 3.05) is 31.6 Å². The maximum absolute atomic E-state index is 7.48. The first kappa shape index (κ1) is 12.8. The van der Waals surface area contributed by atoms with E-state index in [1.54, 1.807) is 12.3 Å². The van der Waals surface area contributed by atoms with Gasteiger partial charge in [0.15, 0.2) is 0 Å². The summed E-state index contributed by atoms with van der Waals surface area (Å²) in [6.45, 7) is 5.22. The average Bonchev–Trinajstić information content (AvgIpc) is 2.39. The van der Waals surface area contributed by atoms with Gasteiger partial charge in [-0.25, -0.2) is 4.98 Å². The normalized spacial score (nSPS) is 21.0. The molecule has 18 heavy (non-hydrogen) atoms. The SMILES string of the molecule is CCC1CN(c2cc(C(=N)N)ccn2)CCN1C. The Hall–Kier alpha value is -1.62. The molecule has 2 heterocycles. The first-order valence-electron chi connectivity index (χ1n) is 6.37. The zero-order chi connectivity index (χ0) is 13.1. The molecular formula is C13H21N5. The van der Waals surface area contributed by atoms with Crippen LogP contribution >= 0.6 is 0 Å². The van der Waals surface area contributed by atoms with E-state index in [1.165, 1.54) is 0 Å². The van der Waals surface area contributed by atoms with Gasteiger partial charge in [0.05, 0.1) is 0 Å². The lowest BCUT2D eigenvalue weighted by Crippen LogP contribution is -2.51. The topological polar surface area (TPSA) is 69.2 Å². The van der Waals surface area contributed by atoms with E-state index < -0.39 is 0 Å². The standard InChI is InChI=1S/C13H21N5/c1-3-11-9-18(7-6-17(11)2)12-8-10(13(14)15)4-5-16-12/h4-5,8,11H,3,6-7,9H2,1-2H3,(H3,14,15). The number of aromatic nitrogens is 1. The Balaban J connectivity index is 2.16. The molecule has 98 valence electrons. The number of anilines is 1. The molecule has 5 heteroatoms. The van der Waals surface area contributed by atoms with Gasteiger partial charge in [-0.2, -0.15) is 0 Å². The first-order valence-corrected chi connectivity index (χ1v) is 6.37. The minimum atomic E-state index is 0.0971. The average molecular weight is 247 g/mol. The molecule has 0 aromatic carbocycles. The number of hydrogen-bond donors (Lipinski definition) is 2. The smallest absolute Gasteiger partial charge is 0.129 e. The second-order valence-electron chi connectivity index (χ2n) is 4.81. The highest BCUT2D eigenvalue weighted by atomic mass is 15.3. The predicted molar refractivity (Wildman–Crippen MR) is 74.2 cm³/mol. The summed E-state index contributed by atoms with van der Waals surface area (Å²) in [6, 6.07) is 4.25. The zero-order valence-electron chi connectivity index (χ0n) is 11.1. The molecule has 1 fully saturated rings. The van der Waals surface area contributed by atoms with Crippen molar-refractivity contribution in [3.05, 3.63) is 23.9 Å². The Bertz CT molecular complexity index is 431. The van der Waals surface area contributed by atoms with Crippen molar-refractivity contribution < 1.29 is 0 Å². The summed E-state index contributed by atoms with van der Waals surface area (Å²) in [6.07, 6.45) is 2.87. The van der Waals surface area contributed by atoms with Crippen LogP contribution in [-0.2, 0) is 0 Å². The summed E-state index contributed by atoms with van der Waals surface area (Å²) in [5.41, 5.74) is 6.26. The van der Waals surface area contributed by atoms with Gasteiger partial charge in [-0.1, -0.05) is 6.92 Å². The number of pyridine rings is 1. The van der Waals surface area contributed by atoms with Crippen LogP contribution in [0.1, 0.15) is 18.9 Å². The molecule has 1 aromatic heterocycles. The molecule has 2 rings (SSSR count). The molecule has 5 nitrogen and oxygen atoms in total. The molecule has 1 saturated heterocycles. The first-order chi connectivity index (χ1) is 8.61. The van der Waals surface area contributed by atoms with Crippen molar-refractivity contribution in [2.45, 2.75) is 19.4 Å². The summed E-state index contributed by atoms with van der Waals surface area (Å²) in [5, 5.41) is 7.48. The maximum Gasteiger partial charge on any atom is 0.129 e. The number of amidine groups is 1. The lowest BCUT2D eigenvalue weighted by Gasteiger charge is -2.39. The summed E-state index contributed by atoms with van der Waals surface area (Å²) < 4.78 is 0. The lowest BCUT2D eigenvalue weighted by atomic mass is 10.1. The quantitative estimate of drug-likeness (QED) is 0.615. The lowest BCUT2D eigenvalue weighted by molar-refractivity contribution is 0.213. The molecule has 0 saturated carbocycles. The molecule has 0 amide bonds. The van der Waals surface area contributed by atoms with E-state index in [2.05, 4.69) is 28.8 Å². The number of nitrogen functional groups attached to an aromatic ring is 1. The Labute approximate surface area is 108 Å². The number of likely N-dealkylation sites (N-methyl/N-ethyl adjacent to an activating group) is 1. The molecule has 1 aromatic rings. The van der Waals surface area contributed by atoms with Crippen molar-refractivity contribution in [1.29, 1.82) is 5.41 Å². The summed E-state index contributed by atoms with van der Waals surface area (Å²) in [5.74, 6) is 1.02. The van der Waals surface area contributed by atoms with Crippen LogP contribution in [0, 0.1) is 5.41 Å². The molecule has 0 bridgehead atoms. The molecule has 0 spiro atoms. The van der Waals surface area contributed by atoms with E-state index in [0.717, 1.165) is 37.4 Å². The van der Waals surface area contributed by atoms with Gasteiger partial charge in [0.25, 0.3) is 0 Å². The van der Waals surface area contributed by atoms with E-state index in [0.29, 0.717) is 6.04 Å². The van der Waals surface area contributed by atoms with Crippen LogP contribution in [-0.4, -0.2) is 48.4 Å². The number of nitrogens with one attached hydrogen (secondary N) is 1. The van der Waals surface area contributed by atoms with Gasteiger partial charge in [-0.05, 0) is 25.6 Å². The van der Waals surface area contributed by atoms with Crippen LogP contribution in [0.4, 0.5) is 5.82 Å². The molecule has 1 unspecified atom stereocenters. The Morgan fingerprint density at radius 3 is 3.00 bits per heavy atom. The second-order valence-corrected chi connectivity index (χ2v) is 4.81. The van der Waals surface area contributed by atoms with Crippen molar-refractivity contribution in [2.24, 2.45) is 5.73 Å². The summed E-state index contributed by atoms with van der Waals surface area (Å²) in [7, 11) is 2.17. The van der Waals surface area contributed by atoms with Crippen LogP contribution in [0.5, 0.6) is 0 Å². The third-order valence-corrected chi connectivity index (χ3v) is 3.63. The molecule has 1 atom stereocenters. The Morgan fingerprint density at radius 2 is 2.33 bits per heavy atom. The maximum atomic E-state index is 7.48. The molecular weight excluding hydrogens is 226 g/mol. The highest BCUT2D eigenvalue weighted by Gasteiger charge is 2.23. The van der Waals surface area contributed by atoms with Crippen LogP contribution in [0.25, 0.3) is 0 Å². The molecule has 0 radical (unpaired) electrons. The third kappa shape index (κ3) is 2.61. The van der Waals surface area contributed by atoms with Crippen LogP contribution < -0.4 is 10.6 Å². The van der Waals surface area contributed by atoms with E-state index in [9.17, 15) is 0 Å². The number of rotatable bonds is 3. The summed E-state index contributed by atoms with van der Waals surface area (Å²) in [4.78, 5) is 9.07. The highest BCUT2D eigenvalue weighted by Crippen LogP contribution is 2.18. The van der Waals surface area contributed by atoms with Gasteiger partial charge >= 0.3 is 0 Å². The minimum Gasteiger partial charge on any atom is -0.384 e. The van der Waals surface area contributed by atoms with Crippen molar-refractivity contribution in [3.8, 4) is 0 Å². The van der Waals surface area contributed by atoms with Crippen LogP contribution in [0.2, 0.25) is 0 Å². The molecule has 0 aliphatic carbocycles. The number of nitrogens with two attached hydrogens (primary N) is 1. The van der Waals surface area contributed by atoms with Gasteiger partial charge in [0.2, 0.25) is 0 Å². The van der Waals surface area contributed by atoms with Gasteiger partial charge in [0.1, 0.15) is 11.7 Å². The predicted octanol–water partition coefficient (Wildman–Crippen LogP) is 0.896. The van der Waals surface area contributed by atoms with Gasteiger partial charge in [-0.15, -0.1) is 0 Å². The molecule has 1 aliphatic heterocycles. The van der Waals surface area contributed by atoms with Gasteiger partial charge in [0, 0.05) is 37.4 Å². The number of hydrogen-bond acceptors (Lipinski definition) is 4. The monoisotopic (exact) mass is 247 g/mol. The number of piperazine rings is 1. The van der Waals surface area contributed by atoms with Crippen molar-refractivity contribution >= 4 is 11.7 Å². The van der Waals surface area contributed by atoms with E-state index >= 15 is 0 Å². The summed E-state index contributed by atoms with van der Waals surface area (Å²) >= 11 is 0. The fourth-order valence-corrected chi connectivity index (χ4v) is 2.35. The van der Waals surface area contributed by atoms with Gasteiger partial charge in [-0.3, -0.25) is 10.3 Å². The highest BCUT2D eigenvalue weighted by molar-refractivity contribution is 5.95. The van der Waals surface area contributed by atoms with Crippen molar-refractivity contribution in [1.82, 2.24) is 9.88 Å². The second kappa shape index (κ2) is 5.35. The Kier molecular flexibility index (Phi) is 3.81.